The second-order valence-electron chi connectivity index (χ2n) is 0.911. The van der Waals surface area contributed by atoms with E-state index < -0.39 is 4.84 Å². The number of hydrogen-bond donors (Lipinski definition) is 0. The third-order valence-corrected chi connectivity index (χ3v) is 0.922. The monoisotopic (exact) mass is 232 g/mol. The summed E-state index contributed by atoms with van der Waals surface area (Å²) in [5.41, 5.74) is 0. The van der Waals surface area contributed by atoms with Crippen LogP contribution in [-0.2, 0) is 25.2 Å². The molecule has 1 nitrogen and oxygen atoms in total. The Labute approximate surface area is 66.0 Å². The molecule has 0 heterocycles. The number of Topliss-reactive ketones (excluding diaryl/α,β-unsaturated/α-hetero) is 1. The predicted molar refractivity (Wildman–Crippen MR) is 26.2 cm³/mol. The Hall–Kier alpha value is 0.912. The summed E-state index contributed by atoms with van der Waals surface area (Å²) in [6.45, 7) is 1.34. The van der Waals surface area contributed by atoms with Gasteiger partial charge in [-0.25, -0.2) is 0 Å². The quantitative estimate of drug-likeness (QED) is 0.494. The Morgan fingerprint density at radius 1 is 1.57 bits per heavy atom. The van der Waals surface area contributed by atoms with Gasteiger partial charge in [0.1, 0.15) is 0 Å². The molecule has 0 saturated heterocycles. The normalized spacial score (nSPS) is 8.00. The largest absolute Gasteiger partial charge is 2.00 e. The molecule has 0 aliphatic rings. The minimum Gasteiger partial charge on any atom is -0.297 e. The van der Waals surface area contributed by atoms with Crippen molar-refractivity contribution in [2.24, 2.45) is 0 Å². The van der Waals surface area contributed by atoms with Crippen LogP contribution >= 0.6 is 23.2 Å². The summed E-state index contributed by atoms with van der Waals surface area (Å²) in [6, 6.07) is 0. The van der Waals surface area contributed by atoms with Gasteiger partial charge in [0.05, 0.1) is 0 Å². The minimum absolute atomic E-state index is 0. The van der Waals surface area contributed by atoms with E-state index in [2.05, 4.69) is 0 Å². The maximum absolute atomic E-state index is 9.88. The van der Waals surface area contributed by atoms with Gasteiger partial charge in [0.15, 0.2) is 10.6 Å². The minimum atomic E-state index is -0.843. The first-order chi connectivity index (χ1) is 2.64. The first kappa shape index (κ1) is 10.8. The fraction of sp³-hybridized carbons (Fsp3) is 0.667. The van der Waals surface area contributed by atoms with Crippen molar-refractivity contribution < 1.29 is 25.2 Å². The van der Waals surface area contributed by atoms with Gasteiger partial charge in [-0.3, -0.25) is 4.79 Å². The SMILES string of the molecule is CC(=O)C(Cl)Cl.[Pd+2]. The molecular weight excluding hydrogens is 229 g/mol. The van der Waals surface area contributed by atoms with Crippen molar-refractivity contribution in [2.45, 2.75) is 11.8 Å². The van der Waals surface area contributed by atoms with Crippen LogP contribution in [0.3, 0.4) is 0 Å². The van der Waals surface area contributed by atoms with E-state index in [9.17, 15) is 4.79 Å². The van der Waals surface area contributed by atoms with Gasteiger partial charge >= 0.3 is 20.4 Å². The fourth-order valence-electron chi connectivity index (χ4n) is 0. The van der Waals surface area contributed by atoms with Crippen LogP contribution in [0.1, 0.15) is 6.92 Å². The van der Waals surface area contributed by atoms with Crippen LogP contribution in [0.5, 0.6) is 0 Å². The van der Waals surface area contributed by atoms with Gasteiger partial charge in [-0.2, -0.15) is 0 Å². The smallest absolute Gasteiger partial charge is 0.297 e. The molecule has 0 bridgehead atoms. The number of rotatable bonds is 1. The van der Waals surface area contributed by atoms with Crippen molar-refractivity contribution in [2.75, 3.05) is 0 Å². The van der Waals surface area contributed by atoms with Crippen LogP contribution in [0.15, 0.2) is 0 Å². The summed E-state index contributed by atoms with van der Waals surface area (Å²) < 4.78 is 0. The molecule has 0 aliphatic carbocycles. The summed E-state index contributed by atoms with van der Waals surface area (Å²) in [7, 11) is 0. The van der Waals surface area contributed by atoms with Crippen molar-refractivity contribution in [3.8, 4) is 0 Å². The number of carbonyl (C=O) groups excluding carboxylic acids is 1. The van der Waals surface area contributed by atoms with E-state index in [1.165, 1.54) is 6.92 Å². The van der Waals surface area contributed by atoms with E-state index in [4.69, 9.17) is 23.2 Å². The zero-order chi connectivity index (χ0) is 5.15. The Morgan fingerprint density at radius 3 is 1.71 bits per heavy atom. The predicted octanol–water partition coefficient (Wildman–Crippen LogP) is 1.38. The molecule has 0 unspecified atom stereocenters. The summed E-state index contributed by atoms with van der Waals surface area (Å²) in [5, 5.41) is 0. The van der Waals surface area contributed by atoms with Crippen molar-refractivity contribution in [3.05, 3.63) is 0 Å². The first-order valence-corrected chi connectivity index (χ1v) is 2.30. The molecule has 0 aliphatic heterocycles. The van der Waals surface area contributed by atoms with E-state index in [0.717, 1.165) is 0 Å². The zero-order valence-corrected chi connectivity index (χ0v) is 6.62. The van der Waals surface area contributed by atoms with Gasteiger partial charge in [-0.05, 0) is 6.92 Å². The molecule has 0 aromatic rings. The van der Waals surface area contributed by atoms with E-state index in [-0.39, 0.29) is 26.2 Å². The van der Waals surface area contributed by atoms with Crippen LogP contribution in [0.2, 0.25) is 0 Å². The molecule has 0 N–H and O–H groups in total. The van der Waals surface area contributed by atoms with E-state index >= 15 is 0 Å². The molecule has 0 aromatic carbocycles. The van der Waals surface area contributed by atoms with Crippen LogP contribution in [0.25, 0.3) is 0 Å². The number of halogens is 2. The molecule has 0 spiro atoms. The molecular formula is C3H4Cl2OPd+2. The molecule has 0 atom stereocenters. The summed E-state index contributed by atoms with van der Waals surface area (Å²) in [6.07, 6.45) is 0. The first-order valence-electron chi connectivity index (χ1n) is 1.43. The van der Waals surface area contributed by atoms with Crippen molar-refractivity contribution >= 4 is 29.0 Å². The number of carbonyl (C=O) groups is 1. The summed E-state index contributed by atoms with van der Waals surface area (Å²) in [5.74, 6) is -0.210. The van der Waals surface area contributed by atoms with E-state index in [1.54, 1.807) is 0 Å². The molecule has 0 aromatic heterocycles. The standard InChI is InChI=1S/C3H4Cl2O.Pd/c1-2(6)3(4)5;/h3H,1H3;/q;+2. The second kappa shape index (κ2) is 5.06. The van der Waals surface area contributed by atoms with Crippen LogP contribution < -0.4 is 0 Å². The Morgan fingerprint density at radius 2 is 1.71 bits per heavy atom. The Balaban J connectivity index is 0. The molecule has 4 heteroatoms. The van der Waals surface area contributed by atoms with Gasteiger partial charge in [0.2, 0.25) is 0 Å². The van der Waals surface area contributed by atoms with Gasteiger partial charge in [-0.15, -0.1) is 0 Å². The van der Waals surface area contributed by atoms with Crippen LogP contribution in [0.4, 0.5) is 0 Å². The van der Waals surface area contributed by atoms with Crippen LogP contribution in [0, 0.1) is 0 Å². The maximum atomic E-state index is 9.88. The number of alkyl halides is 2. The van der Waals surface area contributed by atoms with Crippen LogP contribution in [-0.4, -0.2) is 10.6 Å². The van der Waals surface area contributed by atoms with Gasteiger partial charge in [-0.1, -0.05) is 23.2 Å². The van der Waals surface area contributed by atoms with Crippen molar-refractivity contribution in [3.63, 3.8) is 0 Å². The Kier molecular flexibility index (Phi) is 7.81. The van der Waals surface area contributed by atoms with Gasteiger partial charge in [0.25, 0.3) is 0 Å². The molecule has 7 heavy (non-hydrogen) atoms. The van der Waals surface area contributed by atoms with E-state index in [1.807, 2.05) is 0 Å². The van der Waals surface area contributed by atoms with Gasteiger partial charge in [0, 0.05) is 0 Å². The fourth-order valence-corrected chi connectivity index (χ4v) is 0. The molecule has 0 amide bonds. The molecule has 0 rings (SSSR count). The molecule has 44 valence electrons. The average molecular weight is 233 g/mol. The third-order valence-electron chi connectivity index (χ3n) is 0.307. The molecule has 0 fully saturated rings. The number of hydrogen-bond acceptors (Lipinski definition) is 1. The number of ketones is 1. The summed E-state index contributed by atoms with van der Waals surface area (Å²) >= 11 is 10.1. The topological polar surface area (TPSA) is 17.1 Å². The van der Waals surface area contributed by atoms with Gasteiger partial charge < -0.3 is 0 Å². The average Bonchev–Trinajstić information content (AvgIpc) is 1.36. The maximum Gasteiger partial charge on any atom is 2.00 e. The van der Waals surface area contributed by atoms with Crippen molar-refractivity contribution in [1.29, 1.82) is 0 Å². The summed E-state index contributed by atoms with van der Waals surface area (Å²) in [4.78, 5) is 9.04. The second-order valence-corrected chi connectivity index (χ2v) is 2.01. The zero-order valence-electron chi connectivity index (χ0n) is 3.56. The molecule has 0 saturated carbocycles. The Bertz CT molecular complexity index is 64.0. The molecule has 0 radical (unpaired) electrons. The van der Waals surface area contributed by atoms with Crippen molar-refractivity contribution in [1.82, 2.24) is 0 Å². The van der Waals surface area contributed by atoms with E-state index in [0.29, 0.717) is 0 Å². The third kappa shape index (κ3) is 6.91.